The number of amides is 1. The van der Waals surface area contributed by atoms with Gasteiger partial charge in [-0.2, -0.15) is 0 Å². The van der Waals surface area contributed by atoms with E-state index in [0.29, 0.717) is 18.7 Å². The van der Waals surface area contributed by atoms with Crippen molar-refractivity contribution in [3.05, 3.63) is 59.9 Å². The number of nitrogens with zero attached hydrogens (tertiary/aromatic N) is 1. The molecular weight excluding hydrogens is 290 g/mol. The Bertz CT molecular complexity index is 793. The lowest BCUT2D eigenvalue weighted by Crippen LogP contribution is -2.25. The third kappa shape index (κ3) is 3.69. The van der Waals surface area contributed by atoms with Crippen molar-refractivity contribution < 1.29 is 9.53 Å². The fourth-order valence-electron chi connectivity index (χ4n) is 2.42. The summed E-state index contributed by atoms with van der Waals surface area (Å²) in [6.07, 6.45) is 2.41. The van der Waals surface area contributed by atoms with E-state index in [9.17, 15) is 4.79 Å². The highest BCUT2D eigenvalue weighted by Crippen LogP contribution is 2.13. The van der Waals surface area contributed by atoms with Gasteiger partial charge >= 0.3 is 0 Å². The first-order valence-electron chi connectivity index (χ1n) is 7.69. The van der Waals surface area contributed by atoms with E-state index in [4.69, 9.17) is 4.74 Å². The Labute approximate surface area is 134 Å². The van der Waals surface area contributed by atoms with Gasteiger partial charge < -0.3 is 15.0 Å². The minimum Gasteiger partial charge on any atom is -0.494 e. The van der Waals surface area contributed by atoms with Crippen LogP contribution in [0.15, 0.2) is 48.8 Å². The summed E-state index contributed by atoms with van der Waals surface area (Å²) in [7, 11) is 0. The number of ether oxygens (including phenoxy) is 1. The van der Waals surface area contributed by atoms with Gasteiger partial charge in [0.15, 0.2) is 0 Å². The Balaban J connectivity index is 1.54. The summed E-state index contributed by atoms with van der Waals surface area (Å²) in [4.78, 5) is 19.3. The van der Waals surface area contributed by atoms with E-state index in [1.165, 1.54) is 0 Å². The van der Waals surface area contributed by atoms with Crippen molar-refractivity contribution in [3.63, 3.8) is 0 Å². The van der Waals surface area contributed by atoms with Crippen molar-refractivity contribution in [2.45, 2.75) is 13.3 Å². The zero-order chi connectivity index (χ0) is 16.1. The van der Waals surface area contributed by atoms with Crippen molar-refractivity contribution in [1.29, 1.82) is 0 Å². The minimum atomic E-state index is -0.0764. The smallest absolute Gasteiger partial charge is 0.251 e. The summed E-state index contributed by atoms with van der Waals surface area (Å²) in [6.45, 7) is 3.22. The second-order valence-corrected chi connectivity index (χ2v) is 5.22. The van der Waals surface area contributed by atoms with Crippen LogP contribution in [0, 0.1) is 0 Å². The lowest BCUT2D eigenvalue weighted by molar-refractivity contribution is 0.0954. The fraction of sp³-hybridized carbons (Fsp3) is 0.222. The van der Waals surface area contributed by atoms with Gasteiger partial charge in [0.2, 0.25) is 0 Å². The summed E-state index contributed by atoms with van der Waals surface area (Å²) in [6, 6.07) is 13.4. The van der Waals surface area contributed by atoms with Gasteiger partial charge in [0.25, 0.3) is 5.91 Å². The number of carbonyl (C=O) groups excluding carboxylic acids is 1. The fourth-order valence-corrected chi connectivity index (χ4v) is 2.42. The largest absolute Gasteiger partial charge is 0.494 e. The van der Waals surface area contributed by atoms with Gasteiger partial charge in [0.1, 0.15) is 5.75 Å². The van der Waals surface area contributed by atoms with Gasteiger partial charge in [0, 0.05) is 12.1 Å². The van der Waals surface area contributed by atoms with Gasteiger partial charge in [-0.05, 0) is 49.2 Å². The summed E-state index contributed by atoms with van der Waals surface area (Å²) in [5.74, 6) is 0.792. The van der Waals surface area contributed by atoms with E-state index in [2.05, 4.69) is 15.3 Å². The number of H-pyrrole nitrogens is 1. The second-order valence-electron chi connectivity index (χ2n) is 5.22. The molecule has 5 nitrogen and oxygen atoms in total. The number of imidazole rings is 1. The topological polar surface area (TPSA) is 67.0 Å². The van der Waals surface area contributed by atoms with Crippen molar-refractivity contribution in [2.24, 2.45) is 0 Å². The van der Waals surface area contributed by atoms with Crippen molar-refractivity contribution in [2.75, 3.05) is 13.2 Å². The predicted molar refractivity (Wildman–Crippen MR) is 89.7 cm³/mol. The van der Waals surface area contributed by atoms with E-state index in [0.717, 1.165) is 28.8 Å². The number of carbonyl (C=O) groups is 1. The second kappa shape index (κ2) is 6.96. The first-order chi connectivity index (χ1) is 11.3. The zero-order valence-electron chi connectivity index (χ0n) is 13.0. The third-order valence-corrected chi connectivity index (χ3v) is 3.62. The standard InChI is InChI=1S/C18H19N3O2/c1-2-23-15-6-3-13(4-7-15)9-10-19-18(22)14-5-8-16-17(11-14)21-12-20-16/h3-8,11-12H,2,9-10H2,1H3,(H,19,22)(H,20,21). The number of aromatic amines is 1. The number of benzene rings is 2. The molecule has 0 saturated heterocycles. The maximum Gasteiger partial charge on any atom is 0.251 e. The number of aromatic nitrogens is 2. The van der Waals surface area contributed by atoms with E-state index in [-0.39, 0.29) is 5.91 Å². The quantitative estimate of drug-likeness (QED) is 0.735. The molecule has 0 bridgehead atoms. The first kappa shape index (κ1) is 15.1. The Morgan fingerprint density at radius 3 is 2.83 bits per heavy atom. The number of hydrogen-bond acceptors (Lipinski definition) is 3. The number of nitrogens with one attached hydrogen (secondary N) is 2. The molecule has 1 heterocycles. The van der Waals surface area contributed by atoms with Crippen LogP contribution in [0.3, 0.4) is 0 Å². The predicted octanol–water partition coefficient (Wildman–Crippen LogP) is 2.93. The van der Waals surface area contributed by atoms with Crippen LogP contribution in [-0.4, -0.2) is 29.0 Å². The highest BCUT2D eigenvalue weighted by Gasteiger charge is 2.07. The molecule has 1 aromatic heterocycles. The number of hydrogen-bond donors (Lipinski definition) is 2. The monoisotopic (exact) mass is 309 g/mol. The van der Waals surface area contributed by atoms with Crippen LogP contribution >= 0.6 is 0 Å². The Hall–Kier alpha value is -2.82. The highest BCUT2D eigenvalue weighted by atomic mass is 16.5. The Morgan fingerprint density at radius 1 is 1.22 bits per heavy atom. The molecular formula is C18H19N3O2. The molecule has 5 heteroatoms. The molecule has 3 rings (SSSR count). The third-order valence-electron chi connectivity index (χ3n) is 3.62. The van der Waals surface area contributed by atoms with Gasteiger partial charge in [-0.15, -0.1) is 0 Å². The summed E-state index contributed by atoms with van der Waals surface area (Å²) in [5.41, 5.74) is 3.52. The molecule has 0 aliphatic heterocycles. The molecule has 0 aliphatic rings. The molecule has 2 N–H and O–H groups in total. The Kier molecular flexibility index (Phi) is 4.57. The SMILES string of the molecule is CCOc1ccc(CCNC(=O)c2ccc3nc[nH]c3c2)cc1. The molecule has 23 heavy (non-hydrogen) atoms. The molecule has 0 radical (unpaired) electrons. The minimum absolute atomic E-state index is 0.0764. The molecule has 0 atom stereocenters. The molecule has 1 amide bonds. The van der Waals surface area contributed by atoms with Crippen LogP contribution in [0.4, 0.5) is 0 Å². The molecule has 0 unspecified atom stereocenters. The lowest BCUT2D eigenvalue weighted by Gasteiger charge is -2.07. The van der Waals surface area contributed by atoms with Crippen LogP contribution in [0.5, 0.6) is 5.75 Å². The van der Waals surface area contributed by atoms with Crippen molar-refractivity contribution >= 4 is 16.9 Å². The van der Waals surface area contributed by atoms with Crippen LogP contribution in [-0.2, 0) is 6.42 Å². The lowest BCUT2D eigenvalue weighted by atomic mass is 10.1. The molecule has 118 valence electrons. The van der Waals surface area contributed by atoms with Crippen molar-refractivity contribution in [3.8, 4) is 5.75 Å². The molecule has 0 spiro atoms. The number of rotatable bonds is 6. The summed E-state index contributed by atoms with van der Waals surface area (Å²) in [5, 5.41) is 2.94. The first-order valence-corrected chi connectivity index (χ1v) is 7.69. The van der Waals surface area contributed by atoms with Gasteiger partial charge in [-0.3, -0.25) is 4.79 Å². The van der Waals surface area contributed by atoms with Gasteiger partial charge in [0.05, 0.1) is 24.0 Å². The molecule has 2 aromatic carbocycles. The summed E-state index contributed by atoms with van der Waals surface area (Å²) < 4.78 is 5.41. The van der Waals surface area contributed by atoms with E-state index < -0.39 is 0 Å². The average Bonchev–Trinajstić information content (AvgIpc) is 3.04. The van der Waals surface area contributed by atoms with E-state index in [1.54, 1.807) is 12.4 Å². The van der Waals surface area contributed by atoms with Crippen LogP contribution < -0.4 is 10.1 Å². The average molecular weight is 309 g/mol. The highest BCUT2D eigenvalue weighted by molar-refractivity contribution is 5.97. The zero-order valence-corrected chi connectivity index (χ0v) is 13.0. The van der Waals surface area contributed by atoms with Gasteiger partial charge in [-0.25, -0.2) is 4.98 Å². The summed E-state index contributed by atoms with van der Waals surface area (Å²) >= 11 is 0. The Morgan fingerprint density at radius 2 is 2.04 bits per heavy atom. The van der Waals surface area contributed by atoms with Crippen LogP contribution in [0.25, 0.3) is 11.0 Å². The maximum atomic E-state index is 12.2. The molecule has 0 fully saturated rings. The maximum absolute atomic E-state index is 12.2. The van der Waals surface area contributed by atoms with E-state index >= 15 is 0 Å². The van der Waals surface area contributed by atoms with Crippen LogP contribution in [0.2, 0.25) is 0 Å². The molecule has 0 saturated carbocycles. The molecule has 0 aliphatic carbocycles. The molecule has 3 aromatic rings. The van der Waals surface area contributed by atoms with E-state index in [1.807, 2.05) is 43.3 Å². The van der Waals surface area contributed by atoms with Gasteiger partial charge in [-0.1, -0.05) is 12.1 Å². The normalized spacial score (nSPS) is 10.7. The van der Waals surface area contributed by atoms with Crippen molar-refractivity contribution in [1.82, 2.24) is 15.3 Å². The number of fused-ring (bicyclic) bond motifs is 1. The van der Waals surface area contributed by atoms with Crippen LogP contribution in [0.1, 0.15) is 22.8 Å².